The number of carboxylic acid groups (broad SMARTS) is 1. The summed E-state index contributed by atoms with van der Waals surface area (Å²) in [7, 11) is 0. The smallest absolute Gasteiger partial charge is 0.408 e. The lowest BCUT2D eigenvalue weighted by Gasteiger charge is -2.18. The van der Waals surface area contributed by atoms with Gasteiger partial charge in [-0.3, -0.25) is 0 Å². The summed E-state index contributed by atoms with van der Waals surface area (Å²) < 4.78 is 5.47. The minimum atomic E-state index is -1.16. The van der Waals surface area contributed by atoms with Gasteiger partial charge in [0.1, 0.15) is 6.61 Å². The highest BCUT2D eigenvalue weighted by Gasteiger charge is 2.30. The van der Waals surface area contributed by atoms with Gasteiger partial charge in [0.05, 0.1) is 0 Å². The molecule has 1 aliphatic rings. The summed E-state index contributed by atoms with van der Waals surface area (Å²) >= 11 is 0. The van der Waals surface area contributed by atoms with Gasteiger partial charge in [-0.2, -0.15) is 0 Å². The van der Waals surface area contributed by atoms with Gasteiger partial charge < -0.3 is 15.2 Å². The number of amides is 1. The van der Waals surface area contributed by atoms with Crippen molar-refractivity contribution in [3.63, 3.8) is 0 Å². The van der Waals surface area contributed by atoms with Crippen LogP contribution in [-0.4, -0.2) is 23.8 Å². The molecular formula is C25H23NO4. The number of rotatable bonds is 6. The molecule has 0 saturated heterocycles. The van der Waals surface area contributed by atoms with Crippen molar-refractivity contribution in [3.8, 4) is 11.1 Å². The van der Waals surface area contributed by atoms with E-state index < -0.39 is 18.1 Å². The minimum absolute atomic E-state index is 0.0738. The molecule has 2 N–H and O–H groups in total. The van der Waals surface area contributed by atoms with Crippen LogP contribution in [0.1, 0.15) is 41.1 Å². The van der Waals surface area contributed by atoms with Crippen molar-refractivity contribution in [2.24, 2.45) is 0 Å². The maximum absolute atomic E-state index is 12.4. The topological polar surface area (TPSA) is 75.6 Å². The monoisotopic (exact) mass is 401 g/mol. The molecule has 152 valence electrons. The zero-order valence-corrected chi connectivity index (χ0v) is 16.7. The van der Waals surface area contributed by atoms with Crippen molar-refractivity contribution in [1.82, 2.24) is 5.32 Å². The summed E-state index contributed by atoms with van der Waals surface area (Å²) in [5.41, 5.74) is 6.10. The molecule has 0 spiro atoms. The van der Waals surface area contributed by atoms with Gasteiger partial charge in [-0.05, 0) is 39.8 Å². The summed E-state index contributed by atoms with van der Waals surface area (Å²) in [6.07, 6.45) is 0.112. The molecule has 5 nitrogen and oxygen atoms in total. The van der Waals surface area contributed by atoms with Crippen LogP contribution in [-0.2, 0) is 16.0 Å². The fraction of sp³-hybridized carbons (Fsp3) is 0.200. The average molecular weight is 401 g/mol. The number of alkyl carbamates (subject to hydrolysis) is 1. The third-order valence-electron chi connectivity index (χ3n) is 5.57. The highest BCUT2D eigenvalue weighted by atomic mass is 16.5. The second-order valence-electron chi connectivity index (χ2n) is 7.34. The van der Waals surface area contributed by atoms with Gasteiger partial charge in [-0.15, -0.1) is 0 Å². The van der Waals surface area contributed by atoms with E-state index in [2.05, 4.69) is 17.4 Å². The summed E-state index contributed by atoms with van der Waals surface area (Å²) in [5.74, 6) is -1.21. The first-order chi connectivity index (χ1) is 14.6. The van der Waals surface area contributed by atoms with Crippen LogP contribution in [0.5, 0.6) is 0 Å². The number of aryl methyl sites for hydroxylation is 1. The molecule has 0 fully saturated rings. The number of benzene rings is 3. The standard InChI is InChI=1S/C25H23NO4/c1-2-16-11-13-17(14-12-16)23(24(27)28)26-25(29)30-15-22-20-9-5-3-7-18(20)19-8-4-6-10-21(19)22/h3-14,22-23H,2,15H2,1H3,(H,26,29)(H,27,28)/t23-/m0/s1. The van der Waals surface area contributed by atoms with Gasteiger partial charge >= 0.3 is 12.1 Å². The second kappa shape index (κ2) is 8.41. The summed E-state index contributed by atoms with van der Waals surface area (Å²) in [6, 6.07) is 22.1. The van der Waals surface area contributed by atoms with Crippen LogP contribution in [0.25, 0.3) is 11.1 Å². The lowest BCUT2D eigenvalue weighted by atomic mass is 9.98. The summed E-state index contributed by atoms with van der Waals surface area (Å²) in [4.78, 5) is 24.1. The Hall–Kier alpha value is -3.60. The van der Waals surface area contributed by atoms with Crippen LogP contribution < -0.4 is 5.32 Å². The Kier molecular flexibility index (Phi) is 5.53. The first-order valence-electron chi connectivity index (χ1n) is 10.0. The number of fused-ring (bicyclic) bond motifs is 3. The molecule has 1 atom stereocenters. The van der Waals surface area contributed by atoms with E-state index >= 15 is 0 Å². The molecule has 0 aromatic heterocycles. The maximum Gasteiger partial charge on any atom is 0.408 e. The Bertz CT molecular complexity index is 1030. The van der Waals surface area contributed by atoms with Crippen LogP contribution in [0.2, 0.25) is 0 Å². The van der Waals surface area contributed by atoms with Gasteiger partial charge in [-0.1, -0.05) is 79.7 Å². The van der Waals surface area contributed by atoms with Crippen LogP contribution in [0, 0.1) is 0 Å². The van der Waals surface area contributed by atoms with Gasteiger partial charge in [0, 0.05) is 5.92 Å². The molecular weight excluding hydrogens is 378 g/mol. The lowest BCUT2D eigenvalue weighted by molar-refractivity contribution is -0.139. The van der Waals surface area contributed by atoms with E-state index in [9.17, 15) is 14.7 Å². The van der Waals surface area contributed by atoms with Crippen LogP contribution >= 0.6 is 0 Å². The molecule has 0 saturated carbocycles. The van der Waals surface area contributed by atoms with Gasteiger partial charge in [-0.25, -0.2) is 9.59 Å². The van der Waals surface area contributed by atoms with E-state index in [0.29, 0.717) is 5.56 Å². The van der Waals surface area contributed by atoms with E-state index in [1.54, 1.807) is 12.1 Å². The number of ether oxygens (including phenoxy) is 1. The van der Waals surface area contributed by atoms with E-state index in [-0.39, 0.29) is 12.5 Å². The molecule has 3 aromatic rings. The molecule has 5 heteroatoms. The van der Waals surface area contributed by atoms with Crippen molar-refractivity contribution in [2.45, 2.75) is 25.3 Å². The van der Waals surface area contributed by atoms with E-state index in [1.165, 1.54) is 0 Å². The number of carbonyl (C=O) groups is 2. The average Bonchev–Trinajstić information content (AvgIpc) is 3.10. The largest absolute Gasteiger partial charge is 0.479 e. The Labute approximate surface area is 175 Å². The number of nitrogens with one attached hydrogen (secondary N) is 1. The second-order valence-corrected chi connectivity index (χ2v) is 7.34. The Morgan fingerprint density at radius 3 is 2.03 bits per heavy atom. The Morgan fingerprint density at radius 2 is 1.50 bits per heavy atom. The number of hydrogen-bond donors (Lipinski definition) is 2. The van der Waals surface area contributed by atoms with Crippen LogP contribution in [0.4, 0.5) is 4.79 Å². The molecule has 0 heterocycles. The van der Waals surface area contributed by atoms with Crippen LogP contribution in [0.15, 0.2) is 72.8 Å². The lowest BCUT2D eigenvalue weighted by Crippen LogP contribution is -2.34. The molecule has 0 unspecified atom stereocenters. The molecule has 3 aromatic carbocycles. The first kappa shape index (κ1) is 19.7. The van der Waals surface area contributed by atoms with E-state index in [4.69, 9.17) is 4.74 Å². The third kappa shape index (κ3) is 3.79. The highest BCUT2D eigenvalue weighted by molar-refractivity contribution is 5.82. The fourth-order valence-electron chi connectivity index (χ4n) is 3.99. The predicted molar refractivity (Wildman–Crippen MR) is 114 cm³/mol. The Morgan fingerprint density at radius 1 is 0.933 bits per heavy atom. The number of hydrogen-bond acceptors (Lipinski definition) is 3. The highest BCUT2D eigenvalue weighted by Crippen LogP contribution is 2.44. The quantitative estimate of drug-likeness (QED) is 0.615. The molecule has 0 aliphatic heterocycles. The predicted octanol–water partition coefficient (Wildman–Crippen LogP) is 4.91. The van der Waals surface area contributed by atoms with Crippen molar-refractivity contribution >= 4 is 12.1 Å². The molecule has 1 amide bonds. The van der Waals surface area contributed by atoms with Gasteiger partial charge in [0.15, 0.2) is 6.04 Å². The normalized spacial score (nSPS) is 13.2. The Balaban J connectivity index is 1.47. The van der Waals surface area contributed by atoms with Gasteiger partial charge in [0.25, 0.3) is 0 Å². The number of carboxylic acids is 1. The number of carbonyl (C=O) groups excluding carboxylic acids is 1. The zero-order chi connectivity index (χ0) is 21.1. The molecule has 0 bridgehead atoms. The summed E-state index contributed by atoms with van der Waals surface area (Å²) in [6.45, 7) is 2.17. The molecule has 30 heavy (non-hydrogen) atoms. The van der Waals surface area contributed by atoms with Crippen LogP contribution in [0.3, 0.4) is 0 Å². The van der Waals surface area contributed by atoms with Crippen molar-refractivity contribution < 1.29 is 19.4 Å². The molecule has 4 rings (SSSR count). The van der Waals surface area contributed by atoms with Crippen molar-refractivity contribution in [2.75, 3.05) is 6.61 Å². The van der Waals surface area contributed by atoms with Gasteiger partial charge in [0.2, 0.25) is 0 Å². The molecule has 0 radical (unpaired) electrons. The number of aliphatic carboxylic acids is 1. The molecule has 1 aliphatic carbocycles. The SMILES string of the molecule is CCc1ccc([C@H](NC(=O)OCC2c3ccccc3-c3ccccc32)C(=O)O)cc1. The van der Waals surface area contributed by atoms with E-state index in [1.807, 2.05) is 55.5 Å². The zero-order valence-electron chi connectivity index (χ0n) is 16.7. The van der Waals surface area contributed by atoms with E-state index in [0.717, 1.165) is 34.2 Å². The first-order valence-corrected chi connectivity index (χ1v) is 10.0. The fourth-order valence-corrected chi connectivity index (χ4v) is 3.99. The van der Waals surface area contributed by atoms with Crippen molar-refractivity contribution in [3.05, 3.63) is 95.1 Å². The third-order valence-corrected chi connectivity index (χ3v) is 5.57. The summed E-state index contributed by atoms with van der Waals surface area (Å²) in [5, 5.41) is 12.1. The minimum Gasteiger partial charge on any atom is -0.479 e. The maximum atomic E-state index is 12.4. The van der Waals surface area contributed by atoms with Crippen molar-refractivity contribution in [1.29, 1.82) is 0 Å².